The third-order valence-corrected chi connectivity index (χ3v) is 6.32. The van der Waals surface area contributed by atoms with Gasteiger partial charge >= 0.3 is 5.97 Å². The number of hydrogen-bond donors (Lipinski definition) is 0. The van der Waals surface area contributed by atoms with Gasteiger partial charge < -0.3 is 9.16 Å². The van der Waals surface area contributed by atoms with Crippen LogP contribution >= 0.6 is 0 Å². The number of esters is 1. The maximum atomic E-state index is 11.2. The van der Waals surface area contributed by atoms with Gasteiger partial charge in [0.15, 0.2) is 8.32 Å². The predicted molar refractivity (Wildman–Crippen MR) is 124 cm³/mol. The van der Waals surface area contributed by atoms with Crippen LogP contribution in [-0.2, 0) is 14.0 Å². The smallest absolute Gasteiger partial charge is 0.305 e. The molecule has 0 bridgehead atoms. The summed E-state index contributed by atoms with van der Waals surface area (Å²) in [4.78, 5) is 11.2. The molecule has 0 rings (SSSR count). The first-order chi connectivity index (χ1) is 13.4. The highest BCUT2D eigenvalue weighted by atomic mass is 28.4. The van der Waals surface area contributed by atoms with Crippen LogP contribution in [0.2, 0.25) is 19.6 Å². The van der Waals surface area contributed by atoms with Gasteiger partial charge in [-0.05, 0) is 38.9 Å². The zero-order valence-corrected chi connectivity index (χ0v) is 20.8. The summed E-state index contributed by atoms with van der Waals surface area (Å²) in [6.45, 7) is 9.11. The molecule has 1 unspecified atom stereocenters. The second kappa shape index (κ2) is 18.7. The monoisotopic (exact) mass is 414 g/mol. The minimum absolute atomic E-state index is 0.0939. The van der Waals surface area contributed by atoms with Crippen molar-refractivity contribution in [3.8, 4) is 0 Å². The van der Waals surface area contributed by atoms with Crippen LogP contribution in [0.15, 0.2) is 0 Å². The van der Waals surface area contributed by atoms with E-state index < -0.39 is 8.32 Å². The standard InChI is InChI=1S/C24H50O3Si/c1-6-7-8-9-10-11-12-13-14-15-16-17-20-23(27-28(3,4)5)21-18-19-22-24(25)26-2/h23H,6-22H2,1-5H3. The number of unbranched alkanes of at least 4 members (excludes halogenated alkanes) is 12. The summed E-state index contributed by atoms with van der Waals surface area (Å²) in [5.41, 5.74) is 0. The molecule has 3 nitrogen and oxygen atoms in total. The van der Waals surface area contributed by atoms with Gasteiger partial charge in [-0.15, -0.1) is 0 Å². The lowest BCUT2D eigenvalue weighted by atomic mass is 10.0. The Bertz CT molecular complexity index is 352. The number of methoxy groups -OCH3 is 1. The molecule has 0 amide bonds. The lowest BCUT2D eigenvalue weighted by Crippen LogP contribution is -2.32. The van der Waals surface area contributed by atoms with Crippen LogP contribution in [0, 0.1) is 0 Å². The summed E-state index contributed by atoms with van der Waals surface area (Å²) in [5, 5.41) is 0. The molecule has 0 aromatic rings. The van der Waals surface area contributed by atoms with Crippen molar-refractivity contribution in [3.05, 3.63) is 0 Å². The van der Waals surface area contributed by atoms with Crippen LogP contribution in [0.4, 0.5) is 0 Å². The third-order valence-electron chi connectivity index (χ3n) is 5.28. The van der Waals surface area contributed by atoms with Crippen LogP contribution in [0.25, 0.3) is 0 Å². The molecule has 1 atom stereocenters. The fourth-order valence-corrected chi connectivity index (χ4v) is 4.95. The number of carbonyl (C=O) groups excluding carboxylic acids is 1. The molecule has 0 radical (unpaired) electrons. The minimum atomic E-state index is -1.50. The lowest BCUT2D eigenvalue weighted by Gasteiger charge is -2.26. The molecule has 0 aromatic carbocycles. The molecule has 0 aromatic heterocycles. The lowest BCUT2D eigenvalue weighted by molar-refractivity contribution is -0.140. The molecule has 168 valence electrons. The Morgan fingerprint density at radius 1 is 0.714 bits per heavy atom. The van der Waals surface area contributed by atoms with E-state index in [9.17, 15) is 4.79 Å². The number of rotatable bonds is 20. The quantitative estimate of drug-likeness (QED) is 0.115. The van der Waals surface area contributed by atoms with Crippen LogP contribution in [0.5, 0.6) is 0 Å². The van der Waals surface area contributed by atoms with E-state index >= 15 is 0 Å². The molecule has 0 heterocycles. The van der Waals surface area contributed by atoms with Crippen molar-refractivity contribution >= 4 is 14.3 Å². The van der Waals surface area contributed by atoms with E-state index in [0.717, 1.165) is 19.3 Å². The molecule has 28 heavy (non-hydrogen) atoms. The molecular weight excluding hydrogens is 364 g/mol. The van der Waals surface area contributed by atoms with Crippen LogP contribution in [-0.4, -0.2) is 27.5 Å². The first-order valence-electron chi connectivity index (χ1n) is 12.1. The van der Waals surface area contributed by atoms with Crippen molar-refractivity contribution in [3.63, 3.8) is 0 Å². The van der Waals surface area contributed by atoms with Gasteiger partial charge in [0.2, 0.25) is 0 Å². The van der Waals surface area contributed by atoms with Gasteiger partial charge in [0, 0.05) is 12.5 Å². The van der Waals surface area contributed by atoms with Crippen molar-refractivity contribution in [2.75, 3.05) is 7.11 Å². The molecule has 0 saturated heterocycles. The average molecular weight is 415 g/mol. The second-order valence-corrected chi connectivity index (χ2v) is 13.8. The summed E-state index contributed by atoms with van der Waals surface area (Å²) in [6, 6.07) is 0. The number of ether oxygens (including phenoxy) is 1. The third kappa shape index (κ3) is 20.4. The molecule has 4 heteroatoms. The summed E-state index contributed by atoms with van der Waals surface area (Å²) in [6.07, 6.45) is 21.9. The Kier molecular flexibility index (Phi) is 18.4. The van der Waals surface area contributed by atoms with Crippen molar-refractivity contribution in [2.45, 2.75) is 142 Å². The summed E-state index contributed by atoms with van der Waals surface area (Å²) in [7, 11) is -0.0382. The van der Waals surface area contributed by atoms with E-state index in [-0.39, 0.29) is 5.97 Å². The Morgan fingerprint density at radius 2 is 1.14 bits per heavy atom. The molecule has 0 spiro atoms. The normalized spacial score (nSPS) is 12.9. The molecule has 0 saturated carbocycles. The van der Waals surface area contributed by atoms with Crippen molar-refractivity contribution in [2.24, 2.45) is 0 Å². The van der Waals surface area contributed by atoms with Gasteiger partial charge in [0.05, 0.1) is 7.11 Å². The van der Waals surface area contributed by atoms with Gasteiger partial charge in [-0.2, -0.15) is 0 Å². The van der Waals surface area contributed by atoms with Crippen molar-refractivity contribution in [1.29, 1.82) is 0 Å². The highest BCUT2D eigenvalue weighted by Crippen LogP contribution is 2.20. The van der Waals surface area contributed by atoms with E-state index in [0.29, 0.717) is 12.5 Å². The van der Waals surface area contributed by atoms with Crippen LogP contribution in [0.1, 0.15) is 116 Å². The van der Waals surface area contributed by atoms with Crippen LogP contribution in [0.3, 0.4) is 0 Å². The number of hydrogen-bond acceptors (Lipinski definition) is 3. The summed E-state index contributed by atoms with van der Waals surface area (Å²) in [5.74, 6) is -0.0939. The maximum Gasteiger partial charge on any atom is 0.305 e. The van der Waals surface area contributed by atoms with Crippen LogP contribution < -0.4 is 0 Å². The molecule has 0 aliphatic heterocycles. The summed E-state index contributed by atoms with van der Waals surface area (Å²) >= 11 is 0. The zero-order chi connectivity index (χ0) is 21.1. The Hall–Kier alpha value is -0.353. The molecule has 0 aliphatic carbocycles. The first-order valence-corrected chi connectivity index (χ1v) is 15.5. The Morgan fingerprint density at radius 3 is 1.57 bits per heavy atom. The molecular formula is C24H50O3Si. The van der Waals surface area contributed by atoms with E-state index in [1.165, 1.54) is 90.6 Å². The largest absolute Gasteiger partial charge is 0.469 e. The van der Waals surface area contributed by atoms with Gasteiger partial charge in [-0.3, -0.25) is 4.79 Å². The minimum Gasteiger partial charge on any atom is -0.469 e. The van der Waals surface area contributed by atoms with Crippen molar-refractivity contribution in [1.82, 2.24) is 0 Å². The summed E-state index contributed by atoms with van der Waals surface area (Å²) < 4.78 is 11.1. The maximum absolute atomic E-state index is 11.2. The Balaban J connectivity index is 3.71. The fraction of sp³-hybridized carbons (Fsp3) is 0.958. The zero-order valence-electron chi connectivity index (χ0n) is 19.8. The topological polar surface area (TPSA) is 35.5 Å². The average Bonchev–Trinajstić information content (AvgIpc) is 2.64. The molecule has 0 aliphatic rings. The van der Waals surface area contributed by atoms with E-state index in [2.05, 4.69) is 26.6 Å². The molecule has 0 N–H and O–H groups in total. The highest BCUT2D eigenvalue weighted by molar-refractivity contribution is 6.69. The van der Waals surface area contributed by atoms with E-state index in [4.69, 9.17) is 9.16 Å². The first kappa shape index (κ1) is 27.6. The number of carbonyl (C=O) groups is 1. The van der Waals surface area contributed by atoms with E-state index in [1.54, 1.807) is 0 Å². The fourth-order valence-electron chi connectivity index (χ4n) is 3.72. The second-order valence-electron chi connectivity index (χ2n) is 9.35. The van der Waals surface area contributed by atoms with Gasteiger partial charge in [-0.1, -0.05) is 90.4 Å². The van der Waals surface area contributed by atoms with Crippen molar-refractivity contribution < 1.29 is 14.0 Å². The predicted octanol–water partition coefficient (Wildman–Crippen LogP) is 8.03. The van der Waals surface area contributed by atoms with Gasteiger partial charge in [-0.25, -0.2) is 0 Å². The van der Waals surface area contributed by atoms with Gasteiger partial charge in [0.25, 0.3) is 0 Å². The SMILES string of the molecule is CCCCCCCCCCCCCCC(CCCCC(=O)OC)O[Si](C)(C)C. The molecule has 0 fully saturated rings. The van der Waals surface area contributed by atoms with Gasteiger partial charge in [0.1, 0.15) is 0 Å². The van der Waals surface area contributed by atoms with E-state index in [1.807, 2.05) is 0 Å². The Labute approximate surface area is 177 Å². The highest BCUT2D eigenvalue weighted by Gasteiger charge is 2.20.